The van der Waals surface area contributed by atoms with E-state index in [2.05, 4.69) is 103 Å². The molecule has 2 aliphatic heterocycles. The van der Waals surface area contributed by atoms with Crippen LogP contribution in [0, 0.1) is 59.7 Å². The fraction of sp³-hybridized carbons (Fsp3) is 0.731. The maximum absolute atomic E-state index is 11.6. The summed E-state index contributed by atoms with van der Waals surface area (Å²) < 4.78 is 1.91. The maximum Gasteiger partial charge on any atom is 0.233 e. The van der Waals surface area contributed by atoms with Crippen molar-refractivity contribution in [3.05, 3.63) is 46.5 Å². The van der Waals surface area contributed by atoms with Crippen molar-refractivity contribution in [2.45, 2.75) is 163 Å². The smallest absolute Gasteiger partial charge is 0.233 e. The van der Waals surface area contributed by atoms with Gasteiger partial charge < -0.3 is 4.90 Å². The van der Waals surface area contributed by atoms with Crippen LogP contribution < -0.4 is 0 Å². The number of ketones is 2. The molecule has 356 valence electrons. The lowest BCUT2D eigenvalue weighted by Crippen LogP contribution is -2.34. The van der Waals surface area contributed by atoms with Gasteiger partial charge in [0.2, 0.25) is 11.8 Å². The number of rotatable bonds is 11. The zero-order valence-electron chi connectivity index (χ0n) is 43.5. The second-order valence-electron chi connectivity index (χ2n) is 21.4. The lowest BCUT2D eigenvalue weighted by atomic mass is 9.80. The molecule has 1 aromatic carbocycles. The number of likely N-dealkylation sites (tertiary alicyclic amines) is 2. The second kappa shape index (κ2) is 26.8. The van der Waals surface area contributed by atoms with Gasteiger partial charge in [-0.15, -0.1) is 5.10 Å². The van der Waals surface area contributed by atoms with E-state index in [0.29, 0.717) is 41.8 Å². The van der Waals surface area contributed by atoms with Gasteiger partial charge in [0.1, 0.15) is 11.6 Å². The van der Waals surface area contributed by atoms with E-state index >= 15 is 0 Å². The van der Waals surface area contributed by atoms with Crippen molar-refractivity contribution < 1.29 is 19.2 Å². The molecule has 2 saturated heterocycles. The fourth-order valence-electron chi connectivity index (χ4n) is 7.14. The Hall–Kier alpha value is -3.86. The first-order valence-corrected chi connectivity index (χ1v) is 23.7. The summed E-state index contributed by atoms with van der Waals surface area (Å²) in [6.07, 6.45) is 6.64. The van der Waals surface area contributed by atoms with E-state index in [1.807, 2.05) is 60.2 Å². The minimum absolute atomic E-state index is 0.0347. The molecule has 0 bridgehead atoms. The van der Waals surface area contributed by atoms with E-state index in [-0.39, 0.29) is 40.8 Å². The number of carbonyl (C=O) groups is 4. The Morgan fingerprint density at radius 1 is 0.698 bits per heavy atom. The lowest BCUT2D eigenvalue weighted by Gasteiger charge is -2.28. The number of imide groups is 1. The first kappa shape index (κ1) is 57.2. The topological polar surface area (TPSA) is 131 Å². The zero-order chi connectivity index (χ0) is 48.5. The Balaban J connectivity index is 0.000000409. The Bertz CT molecular complexity index is 1880. The van der Waals surface area contributed by atoms with Crippen molar-refractivity contribution in [3.63, 3.8) is 0 Å². The van der Waals surface area contributed by atoms with Gasteiger partial charge in [0.25, 0.3) is 0 Å². The third-order valence-corrected chi connectivity index (χ3v) is 11.3. The summed E-state index contributed by atoms with van der Waals surface area (Å²) in [6.45, 7) is 37.5. The number of Topliss-reactive ketones (excluding diaryl/α,β-unsaturated/α-hetero) is 2. The number of aryl methyl sites for hydroxylation is 2. The van der Waals surface area contributed by atoms with Gasteiger partial charge in [-0.2, -0.15) is 0 Å². The third-order valence-electron chi connectivity index (χ3n) is 11.3. The van der Waals surface area contributed by atoms with Crippen molar-refractivity contribution >= 4 is 34.4 Å². The summed E-state index contributed by atoms with van der Waals surface area (Å²) in [5.74, 6) is 3.83. The zero-order valence-corrected chi connectivity index (χ0v) is 43.5. The molecule has 0 aliphatic carbocycles. The minimum atomic E-state index is -0.130. The van der Waals surface area contributed by atoms with Gasteiger partial charge in [-0.3, -0.25) is 28.8 Å². The average molecular weight is 876 g/mol. The SMILES string of the molecule is CC(=O)C(C)C.CC(C)C(=O)C1CCN(C)CC1.CC(C)Cc1nnn(C)c1CC(C)C.CN1C(=O)CC(C(C)(C)C)C1=O.Cc1ccc2nc(CC(C)C)c(CC(C)C)nc2c1. The molecule has 2 aliphatic rings. The van der Waals surface area contributed by atoms with Crippen molar-refractivity contribution in [2.24, 2.45) is 59.8 Å². The highest BCUT2D eigenvalue weighted by Crippen LogP contribution is 2.34. The van der Waals surface area contributed by atoms with Gasteiger partial charge in [0, 0.05) is 38.3 Å². The summed E-state index contributed by atoms with van der Waals surface area (Å²) in [5, 5.41) is 8.31. The second-order valence-corrected chi connectivity index (χ2v) is 21.4. The molecule has 0 radical (unpaired) electrons. The van der Waals surface area contributed by atoms with Gasteiger partial charge in [-0.25, -0.2) is 9.97 Å². The largest absolute Gasteiger partial charge is 0.306 e. The van der Waals surface area contributed by atoms with Crippen molar-refractivity contribution in [1.82, 2.24) is 34.8 Å². The predicted molar refractivity (Wildman–Crippen MR) is 260 cm³/mol. The highest BCUT2D eigenvalue weighted by Gasteiger charge is 2.42. The van der Waals surface area contributed by atoms with Crippen LogP contribution in [0.4, 0.5) is 0 Å². The monoisotopic (exact) mass is 876 g/mol. The Morgan fingerprint density at radius 2 is 1.16 bits per heavy atom. The van der Waals surface area contributed by atoms with Crippen LogP contribution in [-0.4, -0.2) is 85.3 Å². The molecule has 5 rings (SSSR count). The van der Waals surface area contributed by atoms with E-state index in [9.17, 15) is 19.2 Å². The Morgan fingerprint density at radius 3 is 1.54 bits per heavy atom. The van der Waals surface area contributed by atoms with Gasteiger partial charge >= 0.3 is 0 Å². The van der Waals surface area contributed by atoms with Gasteiger partial charge in [0.15, 0.2) is 0 Å². The number of piperidine rings is 1. The molecule has 0 spiro atoms. The Kier molecular flexibility index (Phi) is 24.3. The number of carbonyl (C=O) groups excluding carboxylic acids is 4. The normalized spacial score (nSPS) is 16.0. The number of hydrogen-bond donors (Lipinski definition) is 0. The van der Waals surface area contributed by atoms with Crippen LogP contribution in [0.15, 0.2) is 18.2 Å². The molecule has 63 heavy (non-hydrogen) atoms. The molecule has 11 nitrogen and oxygen atoms in total. The Labute approximate surface area is 383 Å². The van der Waals surface area contributed by atoms with Crippen LogP contribution in [-0.2, 0) is 51.9 Å². The number of amides is 2. The maximum atomic E-state index is 11.6. The van der Waals surface area contributed by atoms with Crippen molar-refractivity contribution in [1.29, 1.82) is 0 Å². The van der Waals surface area contributed by atoms with E-state index in [1.54, 1.807) is 14.0 Å². The third kappa shape index (κ3) is 20.7. The molecule has 4 heterocycles. The van der Waals surface area contributed by atoms with Gasteiger partial charge in [-0.1, -0.05) is 115 Å². The predicted octanol–water partition coefficient (Wildman–Crippen LogP) is 10.4. The van der Waals surface area contributed by atoms with Crippen LogP contribution in [0.1, 0.15) is 158 Å². The molecule has 2 fully saturated rings. The average Bonchev–Trinajstić information content (AvgIpc) is 3.63. The molecule has 2 aromatic heterocycles. The number of aromatic nitrogens is 5. The molecular weight excluding hydrogens is 787 g/mol. The van der Waals surface area contributed by atoms with E-state index in [4.69, 9.17) is 9.97 Å². The van der Waals surface area contributed by atoms with Crippen molar-refractivity contribution in [3.8, 4) is 0 Å². The quantitative estimate of drug-likeness (QED) is 0.173. The summed E-state index contributed by atoms with van der Waals surface area (Å²) in [6, 6.07) is 6.32. The van der Waals surface area contributed by atoms with Gasteiger partial charge in [-0.05, 0) is 119 Å². The number of nitrogens with zero attached hydrogens (tertiary/aromatic N) is 7. The molecular formula is C52H89N7O4. The molecule has 0 saturated carbocycles. The summed E-state index contributed by atoms with van der Waals surface area (Å²) in [5.41, 5.74) is 8.04. The number of hydrogen-bond acceptors (Lipinski definition) is 9. The molecule has 0 N–H and O–H groups in total. The molecule has 11 heteroatoms. The minimum Gasteiger partial charge on any atom is -0.306 e. The molecule has 2 amide bonds. The molecule has 1 atom stereocenters. The first-order chi connectivity index (χ1) is 29.0. The van der Waals surface area contributed by atoms with Crippen LogP contribution in [0.25, 0.3) is 11.0 Å². The van der Waals surface area contributed by atoms with Crippen molar-refractivity contribution in [2.75, 3.05) is 27.2 Å². The first-order valence-electron chi connectivity index (χ1n) is 23.7. The lowest BCUT2D eigenvalue weighted by molar-refractivity contribution is -0.138. The molecule has 3 aromatic rings. The molecule has 1 unspecified atom stereocenters. The van der Waals surface area contributed by atoms with Crippen LogP contribution in [0.2, 0.25) is 0 Å². The van der Waals surface area contributed by atoms with E-state index < -0.39 is 0 Å². The highest BCUT2D eigenvalue weighted by atomic mass is 16.2. The standard InChI is InChI=1S/C17H24N2.C11H21N3.C10H19NO.C9H15NO2.C5H10O/c1-11(2)8-15-16(9-12(3)4)19-17-10-13(5)6-7-14(17)18-15;1-8(2)6-10-11(7-9(3)4)14(5)13-12-10;1-8(2)10(12)9-4-6-11(3)7-5-9;1-9(2,3)6-5-7(11)10(4)8(6)12;1-4(2)5(3)6/h6-7,10-12H,8-9H2,1-5H3;8-9H,6-7H2,1-5H3;8-9H,4-7H2,1-3H3;6H,5H2,1-4H3;4H,1-3H3. The summed E-state index contributed by atoms with van der Waals surface area (Å²) in [7, 11) is 5.65. The van der Waals surface area contributed by atoms with Crippen LogP contribution in [0.5, 0.6) is 0 Å². The van der Waals surface area contributed by atoms with E-state index in [1.165, 1.54) is 33.2 Å². The van der Waals surface area contributed by atoms with Gasteiger partial charge in [0.05, 0.1) is 39.7 Å². The fourth-order valence-corrected chi connectivity index (χ4v) is 7.14. The van der Waals surface area contributed by atoms with Crippen LogP contribution in [0.3, 0.4) is 0 Å². The summed E-state index contributed by atoms with van der Waals surface area (Å²) in [4.78, 5) is 57.6. The van der Waals surface area contributed by atoms with Crippen LogP contribution >= 0.6 is 0 Å². The van der Waals surface area contributed by atoms with E-state index in [0.717, 1.165) is 62.6 Å². The highest BCUT2D eigenvalue weighted by molar-refractivity contribution is 6.03. The number of fused-ring (bicyclic) bond motifs is 1. The summed E-state index contributed by atoms with van der Waals surface area (Å²) >= 11 is 0. The number of benzene rings is 1.